The van der Waals surface area contributed by atoms with Crippen LogP contribution in [0.4, 0.5) is 45.5 Å². The number of rotatable bonds is 37. The number of piperidine rings is 1. The maximum absolute atomic E-state index is 13.0. The van der Waals surface area contributed by atoms with Gasteiger partial charge >= 0.3 is 0 Å². The summed E-state index contributed by atoms with van der Waals surface area (Å²) in [6.45, 7) is 14.1. The molecule has 34 heteroatoms. The van der Waals surface area contributed by atoms with Crippen molar-refractivity contribution in [2.24, 2.45) is 20.0 Å². The minimum Gasteiger partial charge on any atom is -0.497 e. The number of amides is 2. The fraction of sp³-hybridized carbons (Fsp3) is 0.307. The van der Waals surface area contributed by atoms with Gasteiger partial charge in [0, 0.05) is 256 Å². The molecule has 4 aliphatic rings. The summed E-state index contributed by atoms with van der Waals surface area (Å²) in [6.07, 6.45) is 35.6. The number of alkyl halides is 1. The lowest BCUT2D eigenvalue weighted by Gasteiger charge is -2.32. The number of imide groups is 1. The second-order valence-corrected chi connectivity index (χ2v) is 37.1. The van der Waals surface area contributed by atoms with Gasteiger partial charge < -0.3 is 67.4 Å². The van der Waals surface area contributed by atoms with Crippen molar-refractivity contribution in [3.63, 3.8) is 0 Å². The first kappa shape index (κ1) is 104. The third-order valence-electron chi connectivity index (χ3n) is 26.8. The fourth-order valence-electron chi connectivity index (χ4n) is 18.8. The normalized spacial score (nSPS) is 14.2. The quantitative estimate of drug-likeness (QED) is 0.0215. The van der Waals surface area contributed by atoms with E-state index in [0.717, 1.165) is 241 Å². The molecule has 32 nitrogen and oxygen atoms in total. The van der Waals surface area contributed by atoms with Crippen LogP contribution in [0.3, 0.4) is 0 Å². The first-order chi connectivity index (χ1) is 71.8. The number of aryl methyl sites for hydroxylation is 3. The summed E-state index contributed by atoms with van der Waals surface area (Å²) in [5, 5.41) is 16.7. The molecule has 2 saturated heterocycles. The number of nitrogens with one attached hydrogen (secondary N) is 1. The van der Waals surface area contributed by atoms with Gasteiger partial charge in [-0.1, -0.05) is 31.6 Å². The van der Waals surface area contributed by atoms with Crippen LogP contribution >= 0.6 is 25.1 Å². The molecule has 1 N–H and O–H groups in total. The number of aromatic nitrogens is 15. The zero-order valence-electron chi connectivity index (χ0n) is 85.4. The van der Waals surface area contributed by atoms with Crippen LogP contribution in [0.1, 0.15) is 91.8 Å². The summed E-state index contributed by atoms with van der Waals surface area (Å²) < 4.78 is 51.9. The number of carbonyl (C=O) groups excluding carboxylic acids is 2. The number of hydrogen-bond donors (Lipinski definition) is 1. The maximum atomic E-state index is 13.0. The van der Waals surface area contributed by atoms with Crippen LogP contribution in [0.25, 0.3) is 89.2 Å². The van der Waals surface area contributed by atoms with E-state index in [4.69, 9.17) is 69.4 Å². The monoisotopic (exact) mass is 2030 g/mol. The number of benzene rings is 9. The number of fused-ring (bicyclic) bond motifs is 5. The van der Waals surface area contributed by atoms with Crippen LogP contribution in [-0.4, -0.2) is 223 Å². The Balaban J connectivity index is 0.000000135. The maximum Gasteiger partial charge on any atom is 0.261 e. The van der Waals surface area contributed by atoms with Gasteiger partial charge in [0.25, 0.3) is 11.8 Å². The van der Waals surface area contributed by atoms with Gasteiger partial charge in [-0.2, -0.15) is 28.8 Å². The molecule has 2 amide bonds. The molecule has 1 unspecified atom stereocenters. The number of likely N-dealkylation sites (tertiary alicyclic amines) is 1. The molecule has 2 atom stereocenters. The van der Waals surface area contributed by atoms with E-state index >= 15 is 0 Å². The minimum atomic E-state index is -0.258. The number of ether oxygens (including phenoxy) is 8. The summed E-state index contributed by atoms with van der Waals surface area (Å²) >= 11 is 6.22. The second-order valence-electron chi connectivity index (χ2n) is 36.8. The van der Waals surface area contributed by atoms with Crippen molar-refractivity contribution in [3.8, 4) is 91.0 Å². The van der Waals surface area contributed by atoms with Gasteiger partial charge in [0.1, 0.15) is 46.0 Å². The number of methoxy groups -OCH3 is 8. The van der Waals surface area contributed by atoms with E-state index in [1.54, 1.807) is 115 Å². The van der Waals surface area contributed by atoms with Crippen molar-refractivity contribution in [1.82, 2.24) is 88.9 Å². The lowest BCUT2D eigenvalue weighted by molar-refractivity contribution is 0.0653. The molecule has 0 radical (unpaired) electrons. The number of anilines is 8. The highest BCUT2D eigenvalue weighted by atomic mass is 35.5. The van der Waals surface area contributed by atoms with Crippen LogP contribution in [0, 0.1) is 5.92 Å². The number of halogens is 1. The van der Waals surface area contributed by atoms with Crippen molar-refractivity contribution in [2.75, 3.05) is 135 Å². The minimum absolute atomic E-state index is 0. The molecule has 1 saturated carbocycles. The largest absolute Gasteiger partial charge is 0.497 e. The summed E-state index contributed by atoms with van der Waals surface area (Å²) in [5.74, 6) is 6.73. The van der Waals surface area contributed by atoms with Gasteiger partial charge in [-0.05, 0) is 168 Å². The highest BCUT2D eigenvalue weighted by molar-refractivity contribution is 7.59. The second kappa shape index (κ2) is 48.5. The molecule has 764 valence electrons. The van der Waals surface area contributed by atoms with E-state index in [1.807, 2.05) is 165 Å². The first-order valence-corrected chi connectivity index (χ1v) is 50.3. The number of allylic oxidation sites excluding steroid dienone is 1. The Morgan fingerprint density at radius 1 is 0.412 bits per heavy atom. The Morgan fingerprint density at radius 2 is 0.811 bits per heavy atom. The summed E-state index contributed by atoms with van der Waals surface area (Å²) in [4.78, 5) is 77.1. The van der Waals surface area contributed by atoms with Gasteiger partial charge in [0.05, 0.1) is 178 Å². The molecular weight excluding hydrogens is 1900 g/mol. The average molecular weight is 2030 g/mol. The Kier molecular flexibility index (Phi) is 34.0. The van der Waals surface area contributed by atoms with Crippen molar-refractivity contribution in [3.05, 3.63) is 274 Å². The topological polar surface area (TPSA) is 301 Å². The van der Waals surface area contributed by atoms with Gasteiger partial charge in [0.15, 0.2) is 0 Å². The molecule has 148 heavy (non-hydrogen) atoms. The smallest absolute Gasteiger partial charge is 0.261 e. The van der Waals surface area contributed by atoms with Crippen molar-refractivity contribution >= 4 is 127 Å². The molecular formula is C114H125ClN22O10S. The van der Waals surface area contributed by atoms with E-state index in [9.17, 15) is 9.59 Å². The summed E-state index contributed by atoms with van der Waals surface area (Å²) in [5.41, 5.74) is 22.5. The van der Waals surface area contributed by atoms with Crippen LogP contribution in [0.5, 0.6) is 46.0 Å². The van der Waals surface area contributed by atoms with Crippen molar-refractivity contribution in [2.45, 2.75) is 96.3 Å². The number of hydrogen-bond acceptors (Lipinski definition) is 27. The zero-order valence-corrected chi connectivity index (χ0v) is 87.1. The predicted octanol–water partition coefficient (Wildman–Crippen LogP) is 21.3. The van der Waals surface area contributed by atoms with E-state index in [1.165, 1.54) is 43.4 Å². The molecule has 0 bridgehead atoms. The third kappa shape index (κ3) is 24.8. The van der Waals surface area contributed by atoms with E-state index < -0.39 is 0 Å². The fourth-order valence-corrected chi connectivity index (χ4v) is 19.2. The molecule has 17 aromatic rings. The Labute approximate surface area is 873 Å². The van der Waals surface area contributed by atoms with E-state index in [0.29, 0.717) is 59.5 Å². The highest BCUT2D eigenvalue weighted by Crippen LogP contribution is 2.43. The van der Waals surface area contributed by atoms with Crippen LogP contribution < -0.4 is 62.8 Å². The van der Waals surface area contributed by atoms with Crippen LogP contribution in [-0.2, 0) is 27.2 Å². The number of nitrogens with zero attached hydrogens (tertiary/aromatic N) is 21. The van der Waals surface area contributed by atoms with Crippen molar-refractivity contribution in [1.29, 1.82) is 0 Å². The predicted molar refractivity (Wildman–Crippen MR) is 589 cm³/mol. The third-order valence-corrected chi connectivity index (χ3v) is 27.2. The van der Waals surface area contributed by atoms with Gasteiger partial charge in [-0.15, -0.1) is 18.2 Å². The molecule has 3 fully saturated rings. The lowest BCUT2D eigenvalue weighted by Crippen LogP contribution is -2.42. The Morgan fingerprint density at radius 3 is 1.20 bits per heavy atom. The SMILES string of the molecule is C=CCn1ccc(-c2cnc3ccc(N(CC4CC4)c4cc(OC)cc(OC)c4)cc3n2)c1.CCCn1cc(-c2cnc3ccc(N(CCCN4C(=O)c5ccccc5C4=O)c4cc(OC)cc(OC)c4)cc3n2)cn1.COc1cc(OC)cc(N(CC2CCCCN2)c2ccc3ncc(-c4cnn(C)c4)nc3c2)c1.COc1cc(OC)cc(N(CCCN2CCC[C@H]2CCl)c2ccc3ncc(-c4cnn(C)c4)nc3c2)c1.S. The average Bonchev–Trinajstić information content (AvgIpc) is 1.69. The molecule has 11 heterocycles. The van der Waals surface area contributed by atoms with Gasteiger partial charge in [0.2, 0.25) is 0 Å². The Bertz CT molecular complexity index is 7370. The molecule has 1 aliphatic carbocycles. The van der Waals surface area contributed by atoms with E-state index in [-0.39, 0.29) is 31.9 Å². The van der Waals surface area contributed by atoms with E-state index in [2.05, 4.69) is 144 Å². The summed E-state index contributed by atoms with van der Waals surface area (Å²) in [7, 11) is 17.1. The molecule has 8 aromatic heterocycles. The van der Waals surface area contributed by atoms with Crippen molar-refractivity contribution < 1.29 is 47.5 Å². The number of carbonyl (C=O) groups is 2. The van der Waals surface area contributed by atoms with Gasteiger partial charge in [-0.3, -0.25) is 53.4 Å². The highest BCUT2D eigenvalue weighted by Gasteiger charge is 2.36. The summed E-state index contributed by atoms with van der Waals surface area (Å²) in [6, 6.07) is 58.2. The lowest BCUT2D eigenvalue weighted by atomic mass is 10.0. The molecule has 3 aliphatic heterocycles. The van der Waals surface area contributed by atoms with Crippen LogP contribution in [0.15, 0.2) is 263 Å². The van der Waals surface area contributed by atoms with Crippen LogP contribution in [0.2, 0.25) is 0 Å². The molecule has 9 aromatic carbocycles. The van der Waals surface area contributed by atoms with Gasteiger partial charge in [-0.25, -0.2) is 19.9 Å². The molecule has 0 spiro atoms. The standard InChI is InChI=1S/C33H32N6O4.C28H33ClN6O2.C27H28N4O2.C26H30N6O2.H2S/c1-4-12-37-21-22(19-35-37)31-20-34-29-11-10-23(17-30(29)36-31)38(24-15-25(42-2)18-26(16-24)43-3)13-7-14-39-32(40)27-8-5-6-9-28(27)33(39)41;1-33-19-20(17-31-33)28-18-30-26-8-7-21(14-27(26)32-28)35(11-5-10-34-9-4-6-22(34)16-29)23-12-24(36-2)15-25(13-23)37-3;1-4-10-30-11-9-20(18-30)27-16-28-25-8-7-21(14-26(25)29-27)31(17-19-5-6-19)22-12-23(32-2)15-24(13-22)33-3;1-31-16-18(14-29-31)26-15-28-24-8-7-20(12-25(24)30-26)32(17-19-6-4-5-9-27-19)21-10-22(33-2)13-23(11-21)34-3;/h5-6,8-11,15-21H,4,7,12-14H2,1-3H3;7-8,12-15,17-19,22H,4-6,9-11,16H2,1-3H3;4,7-9,11-16,18-19H,1,5-6,10,17H2,2-3H3;7-8,10-16,19,27H,4-6,9,17H2,1-3H3;1H2/t;22-;;;/m.0.../s1. The molecule has 21 rings (SSSR count). The zero-order chi connectivity index (χ0) is 102. The first-order valence-electron chi connectivity index (χ1n) is 49.7. The Hall–Kier alpha value is -15.7.